The molecule has 0 bridgehead atoms. The molecule has 124 valence electrons. The van der Waals surface area contributed by atoms with Crippen molar-refractivity contribution in [3.63, 3.8) is 0 Å². The minimum atomic E-state index is 0.224. The number of aliphatic hydroxyl groups excluding tert-OH is 1. The van der Waals surface area contributed by atoms with Crippen LogP contribution in [0.2, 0.25) is 0 Å². The van der Waals surface area contributed by atoms with Crippen LogP contribution in [0.3, 0.4) is 0 Å². The van der Waals surface area contributed by atoms with Crippen molar-refractivity contribution in [2.45, 2.75) is 32.7 Å². The number of benzene rings is 1. The monoisotopic (exact) mass is 313 g/mol. The van der Waals surface area contributed by atoms with Crippen molar-refractivity contribution >= 4 is 16.7 Å². The van der Waals surface area contributed by atoms with Crippen molar-refractivity contribution in [2.75, 3.05) is 31.1 Å². The molecule has 2 aromatic rings. The highest BCUT2D eigenvalue weighted by atomic mass is 16.3. The van der Waals surface area contributed by atoms with Crippen molar-refractivity contribution < 1.29 is 5.11 Å². The molecule has 1 fully saturated rings. The smallest absolute Gasteiger partial charge is 0.133 e. The molecule has 0 aliphatic carbocycles. The van der Waals surface area contributed by atoms with Gasteiger partial charge in [-0.05, 0) is 37.3 Å². The van der Waals surface area contributed by atoms with Crippen molar-refractivity contribution in [1.82, 2.24) is 10.3 Å². The molecule has 2 heterocycles. The molecule has 3 rings (SSSR count). The number of nitrogens with zero attached hydrogens (tertiary/aromatic N) is 2. The van der Waals surface area contributed by atoms with E-state index in [-0.39, 0.29) is 12.5 Å². The van der Waals surface area contributed by atoms with E-state index in [1.54, 1.807) is 0 Å². The Hall–Kier alpha value is -1.65. The molecular formula is C19H27N3O. The Morgan fingerprint density at radius 3 is 2.78 bits per heavy atom. The molecule has 0 amide bonds. The van der Waals surface area contributed by atoms with Gasteiger partial charge in [0.15, 0.2) is 0 Å². The van der Waals surface area contributed by atoms with Gasteiger partial charge in [-0.15, -0.1) is 0 Å². The number of anilines is 1. The molecule has 4 heteroatoms. The normalized spacial score (nSPS) is 16.7. The molecule has 0 saturated carbocycles. The Labute approximate surface area is 138 Å². The number of rotatable bonds is 6. The summed E-state index contributed by atoms with van der Waals surface area (Å²) in [6.07, 6.45) is 3.83. The Balaban J connectivity index is 1.85. The first-order valence-electron chi connectivity index (χ1n) is 8.73. The molecule has 1 aliphatic heterocycles. The number of hydrogen-bond acceptors (Lipinski definition) is 4. The first kappa shape index (κ1) is 16.2. The first-order chi connectivity index (χ1) is 11.3. The quantitative estimate of drug-likeness (QED) is 0.861. The van der Waals surface area contributed by atoms with Gasteiger partial charge in [0.05, 0.1) is 5.52 Å². The summed E-state index contributed by atoms with van der Waals surface area (Å²) in [6, 6.07) is 10.6. The Bertz CT molecular complexity index is 638. The third kappa shape index (κ3) is 4.01. The maximum Gasteiger partial charge on any atom is 0.133 e. The number of aromatic nitrogens is 1. The number of hydrogen-bond donors (Lipinski definition) is 2. The van der Waals surface area contributed by atoms with Gasteiger partial charge < -0.3 is 15.3 Å². The number of fused-ring (bicyclic) bond motifs is 1. The summed E-state index contributed by atoms with van der Waals surface area (Å²) >= 11 is 0. The van der Waals surface area contributed by atoms with Gasteiger partial charge in [0, 0.05) is 43.7 Å². The number of para-hydroxylation sites is 1. The van der Waals surface area contributed by atoms with E-state index >= 15 is 0 Å². The van der Waals surface area contributed by atoms with Gasteiger partial charge in [-0.2, -0.15) is 0 Å². The summed E-state index contributed by atoms with van der Waals surface area (Å²) in [5, 5.41) is 13.8. The second kappa shape index (κ2) is 7.75. The molecule has 1 unspecified atom stereocenters. The lowest BCUT2D eigenvalue weighted by molar-refractivity contribution is 0.233. The zero-order valence-corrected chi connectivity index (χ0v) is 14.0. The van der Waals surface area contributed by atoms with E-state index in [0.29, 0.717) is 0 Å². The summed E-state index contributed by atoms with van der Waals surface area (Å²) < 4.78 is 0. The summed E-state index contributed by atoms with van der Waals surface area (Å²) in [6.45, 7) is 6.10. The fourth-order valence-corrected chi connectivity index (χ4v) is 3.18. The maximum atomic E-state index is 9.17. The van der Waals surface area contributed by atoms with E-state index in [0.717, 1.165) is 37.5 Å². The van der Waals surface area contributed by atoms with Crippen molar-refractivity contribution in [3.8, 4) is 0 Å². The molecule has 2 N–H and O–H groups in total. The van der Waals surface area contributed by atoms with E-state index in [2.05, 4.69) is 47.5 Å². The van der Waals surface area contributed by atoms with Gasteiger partial charge in [0.1, 0.15) is 5.82 Å². The second-order valence-corrected chi connectivity index (χ2v) is 6.63. The molecule has 1 aromatic carbocycles. The molecular weight excluding hydrogens is 286 g/mol. The molecule has 1 aromatic heterocycles. The van der Waals surface area contributed by atoms with E-state index in [9.17, 15) is 5.11 Å². The maximum absolute atomic E-state index is 9.17. The average Bonchev–Trinajstić information content (AvgIpc) is 2.61. The lowest BCUT2D eigenvalue weighted by Gasteiger charge is -2.30. The summed E-state index contributed by atoms with van der Waals surface area (Å²) in [5.74, 6) is 1.41. The molecule has 23 heavy (non-hydrogen) atoms. The first-order valence-corrected chi connectivity index (χ1v) is 8.73. The number of nitrogens with one attached hydrogen (secondary N) is 1. The Morgan fingerprint density at radius 1 is 1.22 bits per heavy atom. The van der Waals surface area contributed by atoms with Crippen LogP contribution >= 0.6 is 0 Å². The van der Waals surface area contributed by atoms with Crippen molar-refractivity contribution in [3.05, 3.63) is 35.9 Å². The topological polar surface area (TPSA) is 48.4 Å². The van der Waals surface area contributed by atoms with Crippen LogP contribution in [0.15, 0.2) is 30.3 Å². The Morgan fingerprint density at radius 2 is 2.00 bits per heavy atom. The Kier molecular flexibility index (Phi) is 5.47. The van der Waals surface area contributed by atoms with Gasteiger partial charge in [-0.1, -0.05) is 25.1 Å². The number of piperidine rings is 1. The fraction of sp³-hybridized carbons (Fsp3) is 0.526. The van der Waals surface area contributed by atoms with Gasteiger partial charge in [0.25, 0.3) is 0 Å². The standard InChI is InChI=1S/C19H27N3O/c1-15(14-23)12-20-13-17-11-16-7-3-4-8-18(16)21-19(17)22-9-5-2-6-10-22/h3-4,7-8,11,15,20,23H,2,5-6,9-10,12-14H2,1H3. The van der Waals surface area contributed by atoms with Crippen LogP contribution in [0.4, 0.5) is 5.82 Å². The molecule has 0 spiro atoms. The van der Waals surface area contributed by atoms with Crippen LogP contribution in [0.25, 0.3) is 10.9 Å². The highest BCUT2D eigenvalue weighted by molar-refractivity contribution is 5.81. The minimum Gasteiger partial charge on any atom is -0.396 e. The van der Waals surface area contributed by atoms with E-state index < -0.39 is 0 Å². The predicted molar refractivity (Wildman–Crippen MR) is 95.8 cm³/mol. The molecule has 1 atom stereocenters. The second-order valence-electron chi connectivity index (χ2n) is 6.63. The van der Waals surface area contributed by atoms with Gasteiger partial charge >= 0.3 is 0 Å². The molecule has 4 nitrogen and oxygen atoms in total. The van der Waals surface area contributed by atoms with E-state index in [1.165, 1.54) is 30.2 Å². The molecule has 1 saturated heterocycles. The number of pyridine rings is 1. The predicted octanol–water partition coefficient (Wildman–Crippen LogP) is 2.94. The van der Waals surface area contributed by atoms with Crippen LogP contribution in [-0.2, 0) is 6.54 Å². The SMILES string of the molecule is CC(CO)CNCc1cc2ccccc2nc1N1CCCCC1. The lowest BCUT2D eigenvalue weighted by atomic mass is 10.1. The highest BCUT2D eigenvalue weighted by Crippen LogP contribution is 2.26. The summed E-state index contributed by atoms with van der Waals surface area (Å²) in [4.78, 5) is 7.39. The van der Waals surface area contributed by atoms with Crippen molar-refractivity contribution in [2.24, 2.45) is 5.92 Å². The van der Waals surface area contributed by atoms with Crippen LogP contribution in [0.5, 0.6) is 0 Å². The molecule has 0 radical (unpaired) electrons. The van der Waals surface area contributed by atoms with E-state index in [4.69, 9.17) is 4.98 Å². The molecule has 1 aliphatic rings. The number of aliphatic hydroxyl groups is 1. The lowest BCUT2D eigenvalue weighted by Crippen LogP contribution is -2.32. The summed E-state index contributed by atoms with van der Waals surface area (Å²) in [7, 11) is 0. The van der Waals surface area contributed by atoms with Gasteiger partial charge in [0.2, 0.25) is 0 Å². The fourth-order valence-electron chi connectivity index (χ4n) is 3.18. The third-order valence-corrected chi connectivity index (χ3v) is 4.56. The summed E-state index contributed by atoms with van der Waals surface area (Å²) in [5.41, 5.74) is 2.33. The van der Waals surface area contributed by atoms with Crippen molar-refractivity contribution in [1.29, 1.82) is 0 Å². The van der Waals surface area contributed by atoms with Crippen LogP contribution in [0, 0.1) is 5.92 Å². The van der Waals surface area contributed by atoms with Crippen LogP contribution in [0.1, 0.15) is 31.7 Å². The zero-order valence-electron chi connectivity index (χ0n) is 14.0. The van der Waals surface area contributed by atoms with E-state index in [1.807, 2.05) is 0 Å². The third-order valence-electron chi connectivity index (χ3n) is 4.56. The average molecular weight is 313 g/mol. The highest BCUT2D eigenvalue weighted by Gasteiger charge is 2.17. The minimum absolute atomic E-state index is 0.224. The zero-order chi connectivity index (χ0) is 16.1. The van der Waals surface area contributed by atoms with Gasteiger partial charge in [-0.3, -0.25) is 0 Å². The van der Waals surface area contributed by atoms with Crippen LogP contribution < -0.4 is 10.2 Å². The van der Waals surface area contributed by atoms with Gasteiger partial charge in [-0.25, -0.2) is 4.98 Å². The van der Waals surface area contributed by atoms with Crippen LogP contribution in [-0.4, -0.2) is 36.3 Å². The largest absolute Gasteiger partial charge is 0.396 e.